The smallest absolute Gasteiger partial charge is 0.316 e. The Labute approximate surface area is 147 Å². The molecule has 0 fully saturated rings. The first-order valence-electron chi connectivity index (χ1n) is 8.36. The van der Waals surface area contributed by atoms with Crippen LogP contribution in [0.1, 0.15) is 39.0 Å². The molecular weight excluding hydrogens is 320 g/mol. The van der Waals surface area contributed by atoms with Gasteiger partial charge in [0, 0.05) is 23.0 Å². The molecule has 0 radical (unpaired) electrons. The van der Waals surface area contributed by atoms with E-state index in [9.17, 15) is 9.90 Å². The number of unbranched alkanes of at least 4 members (excludes halogenated alkanes) is 3. The number of nitrogens with one attached hydrogen (secondary N) is 1. The van der Waals surface area contributed by atoms with Gasteiger partial charge < -0.3 is 10.4 Å². The summed E-state index contributed by atoms with van der Waals surface area (Å²) < 4.78 is 0. The summed E-state index contributed by atoms with van der Waals surface area (Å²) >= 11 is 1.42. The van der Waals surface area contributed by atoms with Crippen molar-refractivity contribution in [2.75, 3.05) is 5.32 Å². The second kappa shape index (κ2) is 9.98. The number of pyridine rings is 1. The van der Waals surface area contributed by atoms with Crippen molar-refractivity contribution in [2.45, 2.75) is 49.2 Å². The maximum Gasteiger partial charge on any atom is 0.316 e. The Hall–Kier alpha value is -2.01. The van der Waals surface area contributed by atoms with Crippen molar-refractivity contribution < 1.29 is 9.90 Å². The first-order chi connectivity index (χ1) is 11.7. The summed E-state index contributed by atoms with van der Waals surface area (Å²) in [6.07, 6.45) is 8.53. The number of aliphatic carboxylic acids is 1. The van der Waals surface area contributed by atoms with E-state index < -0.39 is 11.2 Å². The number of benzene rings is 1. The summed E-state index contributed by atoms with van der Waals surface area (Å²) in [5.41, 5.74) is 1.86. The van der Waals surface area contributed by atoms with Crippen molar-refractivity contribution in [3.63, 3.8) is 0 Å². The first-order valence-corrected chi connectivity index (χ1v) is 9.24. The lowest BCUT2D eigenvalue weighted by atomic mass is 10.1. The van der Waals surface area contributed by atoms with Crippen molar-refractivity contribution in [3.05, 3.63) is 48.8 Å². The highest BCUT2D eigenvalue weighted by Crippen LogP contribution is 2.34. The first kappa shape index (κ1) is 18.3. The molecule has 0 aliphatic heterocycles. The summed E-state index contributed by atoms with van der Waals surface area (Å²) in [7, 11) is 0. The molecule has 0 amide bonds. The van der Waals surface area contributed by atoms with Crippen molar-refractivity contribution in [1.29, 1.82) is 0 Å². The molecule has 1 heterocycles. The zero-order valence-electron chi connectivity index (χ0n) is 13.9. The molecule has 2 N–H and O–H groups in total. The average molecular weight is 344 g/mol. The van der Waals surface area contributed by atoms with E-state index in [0.29, 0.717) is 6.42 Å². The van der Waals surface area contributed by atoms with Gasteiger partial charge in [-0.05, 0) is 30.7 Å². The van der Waals surface area contributed by atoms with Crippen LogP contribution < -0.4 is 5.32 Å². The number of carboxylic acid groups (broad SMARTS) is 1. The zero-order valence-corrected chi connectivity index (χ0v) is 14.8. The molecule has 1 atom stereocenters. The molecule has 1 aromatic heterocycles. The van der Waals surface area contributed by atoms with Crippen LogP contribution in [-0.2, 0) is 4.79 Å². The number of anilines is 2. The third kappa shape index (κ3) is 5.89. The van der Waals surface area contributed by atoms with E-state index in [1.807, 2.05) is 36.4 Å². The fourth-order valence-electron chi connectivity index (χ4n) is 2.41. The number of aromatic nitrogens is 1. The largest absolute Gasteiger partial charge is 0.480 e. The molecule has 1 aromatic carbocycles. The molecule has 4 nitrogen and oxygen atoms in total. The van der Waals surface area contributed by atoms with E-state index in [1.54, 1.807) is 12.4 Å². The Balaban J connectivity index is 2.05. The van der Waals surface area contributed by atoms with Crippen LogP contribution in [0.15, 0.2) is 53.7 Å². The molecular formula is C19H24N2O2S. The Morgan fingerprint density at radius 3 is 2.62 bits per heavy atom. The number of rotatable bonds is 10. The van der Waals surface area contributed by atoms with E-state index in [1.165, 1.54) is 11.8 Å². The average Bonchev–Trinajstić information content (AvgIpc) is 2.60. The number of hydrogen-bond acceptors (Lipinski definition) is 4. The lowest BCUT2D eigenvalue weighted by molar-refractivity contribution is -0.136. The maximum absolute atomic E-state index is 11.6. The second-order valence-corrected chi connectivity index (χ2v) is 6.90. The lowest BCUT2D eigenvalue weighted by Crippen LogP contribution is -2.16. The Bertz CT molecular complexity index is 634. The second-order valence-electron chi connectivity index (χ2n) is 5.65. The fourth-order valence-corrected chi connectivity index (χ4v) is 3.50. The summed E-state index contributed by atoms with van der Waals surface area (Å²) in [5, 5.41) is 12.4. The molecule has 2 aromatic rings. The minimum absolute atomic E-state index is 0.415. The normalized spacial score (nSPS) is 11.9. The van der Waals surface area contributed by atoms with Gasteiger partial charge in [-0.3, -0.25) is 9.78 Å². The lowest BCUT2D eigenvalue weighted by Gasteiger charge is -2.16. The van der Waals surface area contributed by atoms with E-state index in [4.69, 9.17) is 0 Å². The van der Waals surface area contributed by atoms with Crippen molar-refractivity contribution in [1.82, 2.24) is 4.98 Å². The molecule has 2 rings (SSSR count). The molecule has 128 valence electrons. The minimum Gasteiger partial charge on any atom is -0.480 e. The van der Waals surface area contributed by atoms with Gasteiger partial charge in [-0.1, -0.05) is 44.7 Å². The molecule has 1 unspecified atom stereocenters. The zero-order chi connectivity index (χ0) is 17.2. The van der Waals surface area contributed by atoms with Crippen LogP contribution in [0.5, 0.6) is 0 Å². The molecule has 0 aliphatic rings. The van der Waals surface area contributed by atoms with Crippen LogP contribution in [0, 0.1) is 0 Å². The van der Waals surface area contributed by atoms with Gasteiger partial charge in [0.2, 0.25) is 0 Å². The highest BCUT2D eigenvalue weighted by atomic mass is 32.2. The summed E-state index contributed by atoms with van der Waals surface area (Å²) in [6.45, 7) is 2.16. The predicted octanol–water partition coefficient (Wildman–Crippen LogP) is 5.34. The number of nitrogens with zero attached hydrogens (tertiary/aromatic N) is 1. The van der Waals surface area contributed by atoms with Crippen LogP contribution in [0.2, 0.25) is 0 Å². The SMILES string of the molecule is CCCCCCC(Sc1ccccc1Nc1ccncc1)C(=O)O. The van der Waals surface area contributed by atoms with Gasteiger partial charge in [-0.25, -0.2) is 0 Å². The Morgan fingerprint density at radius 2 is 1.92 bits per heavy atom. The Morgan fingerprint density at radius 1 is 1.17 bits per heavy atom. The van der Waals surface area contributed by atoms with Crippen LogP contribution >= 0.6 is 11.8 Å². The standard InChI is InChI=1S/C19H24N2O2S/c1-2-3-4-5-10-18(19(22)23)24-17-9-7-6-8-16(17)21-15-11-13-20-14-12-15/h6-9,11-14,18H,2-5,10H2,1H3,(H,20,21)(H,22,23). The monoisotopic (exact) mass is 344 g/mol. The van der Waals surface area contributed by atoms with Gasteiger partial charge in [-0.2, -0.15) is 0 Å². The maximum atomic E-state index is 11.6. The van der Waals surface area contributed by atoms with Gasteiger partial charge in [0.1, 0.15) is 5.25 Å². The predicted molar refractivity (Wildman–Crippen MR) is 100 cm³/mol. The number of hydrogen-bond donors (Lipinski definition) is 2. The van der Waals surface area contributed by atoms with Gasteiger partial charge in [-0.15, -0.1) is 11.8 Å². The minimum atomic E-state index is -0.741. The molecule has 24 heavy (non-hydrogen) atoms. The molecule has 0 aliphatic carbocycles. The van der Waals surface area contributed by atoms with Gasteiger partial charge in [0.05, 0.1) is 5.69 Å². The van der Waals surface area contributed by atoms with Crippen LogP contribution in [0.3, 0.4) is 0 Å². The van der Waals surface area contributed by atoms with E-state index in [0.717, 1.165) is 42.0 Å². The van der Waals surface area contributed by atoms with Crippen molar-refractivity contribution in [3.8, 4) is 0 Å². The number of para-hydroxylation sites is 1. The third-order valence-corrected chi connectivity index (χ3v) is 5.04. The topological polar surface area (TPSA) is 62.2 Å². The molecule has 0 saturated carbocycles. The summed E-state index contributed by atoms with van der Waals surface area (Å²) in [6, 6.07) is 11.6. The van der Waals surface area contributed by atoms with Gasteiger partial charge in [0.15, 0.2) is 0 Å². The highest BCUT2D eigenvalue weighted by molar-refractivity contribution is 8.00. The highest BCUT2D eigenvalue weighted by Gasteiger charge is 2.19. The van der Waals surface area contributed by atoms with Crippen LogP contribution in [0.4, 0.5) is 11.4 Å². The Kier molecular flexibility index (Phi) is 7.62. The number of thioether (sulfide) groups is 1. The summed E-state index contributed by atoms with van der Waals surface area (Å²) in [4.78, 5) is 16.6. The van der Waals surface area contributed by atoms with Gasteiger partial charge >= 0.3 is 5.97 Å². The van der Waals surface area contributed by atoms with Crippen LogP contribution in [0.25, 0.3) is 0 Å². The molecule has 5 heteroatoms. The van der Waals surface area contributed by atoms with E-state index in [-0.39, 0.29) is 0 Å². The number of carbonyl (C=O) groups is 1. The van der Waals surface area contributed by atoms with Crippen LogP contribution in [-0.4, -0.2) is 21.3 Å². The number of carboxylic acids is 1. The summed E-state index contributed by atoms with van der Waals surface area (Å²) in [5.74, 6) is -0.741. The van der Waals surface area contributed by atoms with Crippen molar-refractivity contribution in [2.24, 2.45) is 0 Å². The molecule has 0 saturated heterocycles. The molecule has 0 spiro atoms. The van der Waals surface area contributed by atoms with E-state index >= 15 is 0 Å². The fraction of sp³-hybridized carbons (Fsp3) is 0.368. The van der Waals surface area contributed by atoms with Crippen molar-refractivity contribution >= 4 is 29.1 Å². The van der Waals surface area contributed by atoms with E-state index in [2.05, 4.69) is 17.2 Å². The third-order valence-electron chi connectivity index (χ3n) is 3.71. The quantitative estimate of drug-likeness (QED) is 0.450. The van der Waals surface area contributed by atoms with Gasteiger partial charge in [0.25, 0.3) is 0 Å². The molecule has 0 bridgehead atoms.